The van der Waals surface area contributed by atoms with Gasteiger partial charge in [0.05, 0.1) is 39.3 Å². The van der Waals surface area contributed by atoms with Crippen LogP contribution in [0.15, 0.2) is 30.6 Å². The fraction of sp³-hybridized carbons (Fsp3) is 0.421. The lowest BCUT2D eigenvalue weighted by atomic mass is 10.2. The van der Waals surface area contributed by atoms with Gasteiger partial charge in [0, 0.05) is 24.7 Å². The number of methoxy groups -OCH3 is 2. The molecule has 1 aromatic heterocycles. The first-order valence-electron chi connectivity index (χ1n) is 9.00. The summed E-state index contributed by atoms with van der Waals surface area (Å²) < 4.78 is 17.4. The average Bonchev–Trinajstić information content (AvgIpc) is 3.12. The summed E-state index contributed by atoms with van der Waals surface area (Å²) in [6, 6.07) is 5.73. The fourth-order valence-electron chi connectivity index (χ4n) is 2.61. The molecule has 0 bridgehead atoms. The molecule has 0 fully saturated rings. The molecule has 0 radical (unpaired) electrons. The molecule has 0 amide bonds. The molecule has 2 N–H and O–H groups in total. The van der Waals surface area contributed by atoms with Crippen molar-refractivity contribution < 1.29 is 19.0 Å². The summed E-state index contributed by atoms with van der Waals surface area (Å²) >= 11 is 5.27. The van der Waals surface area contributed by atoms with E-state index < -0.39 is 0 Å². The number of esters is 1. The standard InChI is InChI=1S/C19H26N4O4S/c1-4-27-17(24)9-6-10-20-19(28)22-15-11-21-23(13-15)12-14-7-5-8-16(25-2)18(14)26-3/h5,7-8,11,13H,4,6,9-10,12H2,1-3H3,(H2,20,22,28). The Balaban J connectivity index is 1.84. The van der Waals surface area contributed by atoms with Gasteiger partial charge in [-0.15, -0.1) is 0 Å². The van der Waals surface area contributed by atoms with Crippen LogP contribution in [0.4, 0.5) is 5.69 Å². The van der Waals surface area contributed by atoms with Crippen LogP contribution in [0.3, 0.4) is 0 Å². The minimum Gasteiger partial charge on any atom is -0.493 e. The van der Waals surface area contributed by atoms with Crippen LogP contribution in [-0.4, -0.2) is 48.2 Å². The van der Waals surface area contributed by atoms with E-state index in [1.165, 1.54) is 0 Å². The Morgan fingerprint density at radius 3 is 2.82 bits per heavy atom. The van der Waals surface area contributed by atoms with E-state index in [0.717, 1.165) is 11.3 Å². The van der Waals surface area contributed by atoms with E-state index >= 15 is 0 Å². The highest BCUT2D eigenvalue weighted by atomic mass is 32.1. The topological polar surface area (TPSA) is 86.6 Å². The monoisotopic (exact) mass is 406 g/mol. The van der Waals surface area contributed by atoms with Crippen molar-refractivity contribution in [3.8, 4) is 11.5 Å². The molecule has 152 valence electrons. The lowest BCUT2D eigenvalue weighted by Gasteiger charge is -2.12. The maximum absolute atomic E-state index is 11.3. The third kappa shape index (κ3) is 6.41. The Kier molecular flexibility index (Phi) is 8.54. The molecule has 0 saturated carbocycles. The first kappa shape index (κ1) is 21.5. The zero-order valence-electron chi connectivity index (χ0n) is 16.4. The van der Waals surface area contributed by atoms with E-state index in [1.54, 1.807) is 32.0 Å². The van der Waals surface area contributed by atoms with Crippen LogP contribution in [0.2, 0.25) is 0 Å². The van der Waals surface area contributed by atoms with Gasteiger partial charge in [0.2, 0.25) is 0 Å². The first-order chi connectivity index (χ1) is 13.6. The molecule has 0 spiro atoms. The van der Waals surface area contributed by atoms with Crippen LogP contribution >= 0.6 is 12.2 Å². The fourth-order valence-corrected chi connectivity index (χ4v) is 2.83. The van der Waals surface area contributed by atoms with Gasteiger partial charge in [-0.2, -0.15) is 5.10 Å². The van der Waals surface area contributed by atoms with Crippen molar-refractivity contribution in [3.63, 3.8) is 0 Å². The number of rotatable bonds is 10. The maximum atomic E-state index is 11.3. The van der Waals surface area contributed by atoms with Gasteiger partial charge in [0.1, 0.15) is 0 Å². The summed E-state index contributed by atoms with van der Waals surface area (Å²) in [4.78, 5) is 11.3. The zero-order chi connectivity index (χ0) is 20.4. The van der Waals surface area contributed by atoms with Crippen LogP contribution in [0.1, 0.15) is 25.3 Å². The molecule has 8 nitrogen and oxygen atoms in total. The van der Waals surface area contributed by atoms with E-state index in [9.17, 15) is 4.79 Å². The van der Waals surface area contributed by atoms with Gasteiger partial charge < -0.3 is 24.8 Å². The van der Waals surface area contributed by atoms with Crippen LogP contribution in [-0.2, 0) is 16.1 Å². The highest BCUT2D eigenvalue weighted by molar-refractivity contribution is 7.80. The largest absolute Gasteiger partial charge is 0.493 e. The molecule has 0 aliphatic carbocycles. The van der Waals surface area contributed by atoms with Crippen LogP contribution in [0.25, 0.3) is 0 Å². The van der Waals surface area contributed by atoms with Crippen molar-refractivity contribution in [2.24, 2.45) is 0 Å². The van der Waals surface area contributed by atoms with E-state index in [2.05, 4.69) is 15.7 Å². The highest BCUT2D eigenvalue weighted by Crippen LogP contribution is 2.31. The van der Waals surface area contributed by atoms with Crippen molar-refractivity contribution in [2.45, 2.75) is 26.3 Å². The van der Waals surface area contributed by atoms with Crippen molar-refractivity contribution >= 4 is 29.0 Å². The molecule has 28 heavy (non-hydrogen) atoms. The SMILES string of the molecule is CCOC(=O)CCCNC(=S)Nc1cnn(Cc2cccc(OC)c2OC)c1. The van der Waals surface area contributed by atoms with Gasteiger partial charge in [0.25, 0.3) is 0 Å². The van der Waals surface area contributed by atoms with Gasteiger partial charge in [-0.05, 0) is 31.6 Å². The summed E-state index contributed by atoms with van der Waals surface area (Å²) in [5, 5.41) is 11.0. The second kappa shape index (κ2) is 11.1. The lowest BCUT2D eigenvalue weighted by Crippen LogP contribution is -2.29. The number of ether oxygens (including phenoxy) is 3. The number of benzene rings is 1. The van der Waals surface area contributed by atoms with Gasteiger partial charge >= 0.3 is 5.97 Å². The number of aromatic nitrogens is 2. The molecule has 2 rings (SSSR count). The normalized spacial score (nSPS) is 10.2. The molecular formula is C19H26N4O4S. The average molecular weight is 407 g/mol. The number of hydrogen-bond acceptors (Lipinski definition) is 6. The second-order valence-corrected chi connectivity index (χ2v) is 6.28. The van der Waals surface area contributed by atoms with Gasteiger partial charge in [-0.25, -0.2) is 0 Å². The third-order valence-corrected chi connectivity index (χ3v) is 4.10. The molecule has 0 atom stereocenters. The number of carbonyl (C=O) groups is 1. The molecule has 0 aliphatic rings. The molecule has 0 saturated heterocycles. The summed E-state index contributed by atoms with van der Waals surface area (Å²) in [6.45, 7) is 3.30. The first-order valence-corrected chi connectivity index (χ1v) is 9.41. The molecule has 9 heteroatoms. The number of nitrogens with zero attached hydrogens (tertiary/aromatic N) is 2. The summed E-state index contributed by atoms with van der Waals surface area (Å²) in [5.74, 6) is 1.17. The molecule has 1 heterocycles. The third-order valence-electron chi connectivity index (χ3n) is 3.86. The second-order valence-electron chi connectivity index (χ2n) is 5.87. The molecule has 1 aromatic carbocycles. The number of nitrogens with one attached hydrogen (secondary N) is 2. The predicted octanol–water partition coefficient (Wildman–Crippen LogP) is 2.58. The number of thiocarbonyl (C=S) groups is 1. The highest BCUT2D eigenvalue weighted by Gasteiger charge is 2.11. The molecule has 0 aliphatic heterocycles. The van der Waals surface area contributed by atoms with Crippen molar-refractivity contribution in [2.75, 3.05) is 32.7 Å². The molecular weight excluding hydrogens is 380 g/mol. The van der Waals surface area contributed by atoms with Crippen molar-refractivity contribution in [1.82, 2.24) is 15.1 Å². The van der Waals surface area contributed by atoms with E-state index in [0.29, 0.717) is 49.1 Å². The van der Waals surface area contributed by atoms with Crippen LogP contribution < -0.4 is 20.1 Å². The number of para-hydroxylation sites is 1. The Morgan fingerprint density at radius 1 is 1.29 bits per heavy atom. The Bertz CT molecular complexity index is 794. The van der Waals surface area contributed by atoms with E-state index in [1.807, 2.05) is 24.4 Å². The van der Waals surface area contributed by atoms with Crippen molar-refractivity contribution in [3.05, 3.63) is 36.2 Å². The van der Waals surface area contributed by atoms with Gasteiger partial charge in [0.15, 0.2) is 16.6 Å². The van der Waals surface area contributed by atoms with Crippen LogP contribution in [0.5, 0.6) is 11.5 Å². The number of hydrogen-bond donors (Lipinski definition) is 2. The zero-order valence-corrected chi connectivity index (χ0v) is 17.2. The molecule has 2 aromatic rings. The molecule has 0 unspecified atom stereocenters. The Hall–Kier alpha value is -2.81. The smallest absolute Gasteiger partial charge is 0.305 e. The minimum absolute atomic E-state index is 0.197. The van der Waals surface area contributed by atoms with E-state index in [-0.39, 0.29) is 5.97 Å². The Morgan fingerprint density at radius 2 is 2.11 bits per heavy atom. The lowest BCUT2D eigenvalue weighted by molar-refractivity contribution is -0.143. The summed E-state index contributed by atoms with van der Waals surface area (Å²) in [7, 11) is 3.22. The quantitative estimate of drug-likeness (QED) is 0.354. The Labute approximate surface area is 170 Å². The van der Waals surface area contributed by atoms with Gasteiger partial charge in [-0.1, -0.05) is 12.1 Å². The van der Waals surface area contributed by atoms with E-state index in [4.69, 9.17) is 26.4 Å². The number of carbonyl (C=O) groups excluding carboxylic acids is 1. The van der Waals surface area contributed by atoms with Crippen molar-refractivity contribution in [1.29, 1.82) is 0 Å². The van der Waals surface area contributed by atoms with Crippen LogP contribution in [0, 0.1) is 0 Å². The van der Waals surface area contributed by atoms with Gasteiger partial charge in [-0.3, -0.25) is 9.48 Å². The number of anilines is 1. The maximum Gasteiger partial charge on any atom is 0.305 e. The minimum atomic E-state index is -0.197. The summed E-state index contributed by atoms with van der Waals surface area (Å²) in [6.07, 6.45) is 4.56. The predicted molar refractivity (Wildman–Crippen MR) is 111 cm³/mol. The summed E-state index contributed by atoms with van der Waals surface area (Å²) in [5.41, 5.74) is 1.72.